The van der Waals surface area contributed by atoms with Gasteiger partial charge in [-0.05, 0) is 53.8 Å². The number of nitrogens with zero attached hydrogens (tertiary/aromatic N) is 2. The molecule has 0 saturated heterocycles. The Hall–Kier alpha value is -2.93. The van der Waals surface area contributed by atoms with Crippen LogP contribution in [0.2, 0.25) is 0 Å². The van der Waals surface area contributed by atoms with Crippen LogP contribution in [0.3, 0.4) is 0 Å². The molecule has 2 aromatic carbocycles. The van der Waals surface area contributed by atoms with Crippen molar-refractivity contribution in [1.29, 1.82) is 0 Å². The van der Waals surface area contributed by atoms with Gasteiger partial charge in [0.25, 0.3) is 5.91 Å². The minimum atomic E-state index is -0.170. The molecule has 0 spiro atoms. The second-order valence-electron chi connectivity index (χ2n) is 5.81. The lowest BCUT2D eigenvalue weighted by atomic mass is 10.1. The molecule has 0 saturated carbocycles. The molecule has 7 heteroatoms. The number of methoxy groups -OCH3 is 3. The molecule has 1 amide bonds. The maximum absolute atomic E-state index is 13.1. The topological polar surface area (TPSA) is 60.4 Å². The average Bonchev–Trinajstić information content (AvgIpc) is 3.03. The Balaban J connectivity index is 1.96. The highest BCUT2D eigenvalue weighted by molar-refractivity contribution is 8.14. The Morgan fingerprint density at radius 1 is 1.00 bits per heavy atom. The van der Waals surface area contributed by atoms with Gasteiger partial charge in [-0.2, -0.15) is 0 Å². The average molecular weight is 398 g/mol. The smallest absolute Gasteiger partial charge is 0.283 e. The molecular formula is C21H22N2O4S. The van der Waals surface area contributed by atoms with Crippen molar-refractivity contribution in [2.75, 3.05) is 32.0 Å². The second kappa shape index (κ2) is 8.84. The van der Waals surface area contributed by atoms with Gasteiger partial charge in [-0.25, -0.2) is 4.99 Å². The summed E-state index contributed by atoms with van der Waals surface area (Å²) in [6, 6.07) is 12.8. The molecule has 0 aromatic heterocycles. The maximum atomic E-state index is 13.1. The Bertz CT molecular complexity index is 923. The predicted molar refractivity (Wildman–Crippen MR) is 114 cm³/mol. The van der Waals surface area contributed by atoms with E-state index in [9.17, 15) is 4.79 Å². The number of hydrogen-bond acceptors (Lipinski definition) is 6. The zero-order chi connectivity index (χ0) is 20.1. The molecule has 3 rings (SSSR count). The first-order valence-corrected chi connectivity index (χ1v) is 9.73. The normalized spacial score (nSPS) is 15.0. The quantitative estimate of drug-likeness (QED) is 0.682. The number of benzene rings is 2. The summed E-state index contributed by atoms with van der Waals surface area (Å²) in [7, 11) is 4.77. The molecule has 0 atom stereocenters. The van der Waals surface area contributed by atoms with E-state index in [0.29, 0.717) is 22.4 Å². The van der Waals surface area contributed by atoms with Gasteiger partial charge in [-0.1, -0.05) is 24.8 Å². The van der Waals surface area contributed by atoms with Crippen LogP contribution in [0.5, 0.6) is 17.2 Å². The Labute approximate surface area is 168 Å². The highest BCUT2D eigenvalue weighted by Gasteiger charge is 2.31. The minimum Gasteiger partial charge on any atom is -0.497 e. The third-order valence-corrected chi connectivity index (χ3v) is 4.97. The van der Waals surface area contributed by atoms with E-state index in [0.717, 1.165) is 22.8 Å². The number of amides is 1. The molecule has 146 valence electrons. The number of thioether (sulfide) groups is 1. The molecule has 0 fully saturated rings. The van der Waals surface area contributed by atoms with E-state index >= 15 is 0 Å². The van der Waals surface area contributed by atoms with Gasteiger partial charge in [0.05, 0.1) is 27.0 Å². The molecule has 1 aliphatic heterocycles. The van der Waals surface area contributed by atoms with Crippen molar-refractivity contribution in [2.24, 2.45) is 4.99 Å². The summed E-state index contributed by atoms with van der Waals surface area (Å²) in [6.45, 7) is 2.03. The summed E-state index contributed by atoms with van der Waals surface area (Å²) in [4.78, 5) is 19.3. The van der Waals surface area contributed by atoms with Gasteiger partial charge in [0, 0.05) is 0 Å². The second-order valence-corrected chi connectivity index (χ2v) is 7.04. The molecule has 2 aromatic rings. The lowest BCUT2D eigenvalue weighted by Crippen LogP contribution is -2.30. The van der Waals surface area contributed by atoms with Gasteiger partial charge in [0.2, 0.25) is 0 Å². The van der Waals surface area contributed by atoms with Gasteiger partial charge in [-0.3, -0.25) is 9.69 Å². The molecule has 0 N–H and O–H groups in total. The number of rotatable bonds is 6. The fraction of sp³-hybridized carbons (Fsp3) is 0.238. The number of ether oxygens (including phenoxy) is 3. The molecule has 1 heterocycles. The van der Waals surface area contributed by atoms with E-state index in [1.807, 2.05) is 43.3 Å². The largest absolute Gasteiger partial charge is 0.497 e. The summed E-state index contributed by atoms with van der Waals surface area (Å²) < 4.78 is 15.8. The van der Waals surface area contributed by atoms with E-state index in [1.54, 1.807) is 38.4 Å². The SMILES string of the molecule is CCSC1=N/C(=C\c2ccc(OC)c(OC)c2)C(=O)N1c1ccc(OC)cc1. The van der Waals surface area contributed by atoms with Crippen molar-refractivity contribution in [2.45, 2.75) is 6.92 Å². The Morgan fingerprint density at radius 3 is 2.32 bits per heavy atom. The Morgan fingerprint density at radius 2 is 1.71 bits per heavy atom. The van der Waals surface area contributed by atoms with Crippen molar-refractivity contribution in [3.05, 3.63) is 53.7 Å². The standard InChI is InChI=1S/C21H22N2O4S/c1-5-28-21-22-17(12-14-6-11-18(26-3)19(13-14)27-4)20(24)23(21)15-7-9-16(25-2)10-8-15/h6-13H,5H2,1-4H3/b17-12-. The first kappa shape index (κ1) is 19.8. The number of hydrogen-bond donors (Lipinski definition) is 0. The highest BCUT2D eigenvalue weighted by atomic mass is 32.2. The lowest BCUT2D eigenvalue weighted by molar-refractivity contribution is -0.113. The van der Waals surface area contributed by atoms with Crippen LogP contribution in [-0.2, 0) is 4.79 Å². The number of carbonyl (C=O) groups is 1. The van der Waals surface area contributed by atoms with Gasteiger partial charge < -0.3 is 14.2 Å². The van der Waals surface area contributed by atoms with Gasteiger partial charge in [0.1, 0.15) is 11.4 Å². The third-order valence-electron chi connectivity index (χ3n) is 4.14. The lowest BCUT2D eigenvalue weighted by Gasteiger charge is -2.17. The van der Waals surface area contributed by atoms with E-state index in [1.165, 1.54) is 11.8 Å². The number of anilines is 1. The van der Waals surface area contributed by atoms with Crippen LogP contribution < -0.4 is 19.1 Å². The van der Waals surface area contributed by atoms with Gasteiger partial charge >= 0.3 is 0 Å². The molecule has 0 bridgehead atoms. The minimum absolute atomic E-state index is 0.170. The monoisotopic (exact) mass is 398 g/mol. The fourth-order valence-electron chi connectivity index (χ4n) is 2.78. The third kappa shape index (κ3) is 3.99. The molecule has 1 aliphatic rings. The zero-order valence-electron chi connectivity index (χ0n) is 16.3. The van der Waals surface area contributed by atoms with E-state index < -0.39 is 0 Å². The first-order valence-electron chi connectivity index (χ1n) is 8.75. The summed E-state index contributed by atoms with van der Waals surface area (Å²) in [5.41, 5.74) is 1.93. The summed E-state index contributed by atoms with van der Waals surface area (Å²) in [6.07, 6.45) is 1.75. The van der Waals surface area contributed by atoms with Gasteiger partial charge in [-0.15, -0.1) is 0 Å². The number of carbonyl (C=O) groups excluding carboxylic acids is 1. The van der Waals surface area contributed by atoms with Crippen molar-refractivity contribution >= 4 is 34.6 Å². The zero-order valence-corrected chi connectivity index (χ0v) is 17.1. The van der Waals surface area contributed by atoms with Crippen molar-refractivity contribution in [3.8, 4) is 17.2 Å². The van der Waals surface area contributed by atoms with Crippen LogP contribution in [-0.4, -0.2) is 38.2 Å². The van der Waals surface area contributed by atoms with Crippen LogP contribution in [0.25, 0.3) is 6.08 Å². The van der Waals surface area contributed by atoms with Crippen LogP contribution in [0.1, 0.15) is 12.5 Å². The van der Waals surface area contributed by atoms with Gasteiger partial charge in [0.15, 0.2) is 16.7 Å². The predicted octanol–water partition coefficient (Wildman–Crippen LogP) is 4.21. The van der Waals surface area contributed by atoms with Crippen LogP contribution in [0, 0.1) is 0 Å². The summed E-state index contributed by atoms with van der Waals surface area (Å²) in [5.74, 6) is 2.60. The molecule has 0 unspecified atom stereocenters. The summed E-state index contributed by atoms with van der Waals surface area (Å²) in [5, 5.41) is 0.657. The van der Waals surface area contributed by atoms with Crippen LogP contribution >= 0.6 is 11.8 Å². The van der Waals surface area contributed by atoms with Crippen molar-refractivity contribution in [3.63, 3.8) is 0 Å². The molecule has 0 aliphatic carbocycles. The van der Waals surface area contributed by atoms with E-state index in [4.69, 9.17) is 14.2 Å². The highest BCUT2D eigenvalue weighted by Crippen LogP contribution is 2.32. The van der Waals surface area contributed by atoms with Crippen LogP contribution in [0.4, 0.5) is 5.69 Å². The van der Waals surface area contributed by atoms with Crippen molar-refractivity contribution in [1.82, 2.24) is 0 Å². The Kier molecular flexibility index (Phi) is 6.26. The van der Waals surface area contributed by atoms with E-state index in [-0.39, 0.29) is 5.91 Å². The molecule has 28 heavy (non-hydrogen) atoms. The number of aliphatic imine (C=N–C) groups is 1. The van der Waals surface area contributed by atoms with E-state index in [2.05, 4.69) is 4.99 Å². The summed E-state index contributed by atoms with van der Waals surface area (Å²) >= 11 is 1.52. The molecule has 6 nitrogen and oxygen atoms in total. The molecule has 0 radical (unpaired) electrons. The molecular weight excluding hydrogens is 376 g/mol. The van der Waals surface area contributed by atoms with Crippen molar-refractivity contribution < 1.29 is 19.0 Å². The number of amidine groups is 1. The van der Waals surface area contributed by atoms with Crippen LogP contribution in [0.15, 0.2) is 53.2 Å². The fourth-order valence-corrected chi connectivity index (χ4v) is 3.52. The first-order chi connectivity index (χ1) is 13.6. The maximum Gasteiger partial charge on any atom is 0.283 e.